The van der Waals surface area contributed by atoms with Crippen molar-refractivity contribution in [1.82, 2.24) is 14.3 Å². The molecule has 2 aromatic carbocycles. The lowest BCUT2D eigenvalue weighted by atomic mass is 10.2. The molecule has 0 bridgehead atoms. The number of benzene rings is 2. The lowest BCUT2D eigenvalue weighted by molar-refractivity contribution is -0.121. The van der Waals surface area contributed by atoms with Crippen molar-refractivity contribution in [2.45, 2.75) is 30.3 Å². The monoisotopic (exact) mass is 542 g/mol. The average Bonchev–Trinajstić information content (AvgIpc) is 3.55. The number of thiazole rings is 1. The zero-order valence-electron chi connectivity index (χ0n) is 19.4. The van der Waals surface area contributed by atoms with Gasteiger partial charge in [0.2, 0.25) is 15.9 Å². The Balaban J connectivity index is 1.53. The lowest BCUT2D eigenvalue weighted by Crippen LogP contribution is -2.47. The molecule has 0 saturated carbocycles. The van der Waals surface area contributed by atoms with Gasteiger partial charge in [-0.3, -0.25) is 14.7 Å². The summed E-state index contributed by atoms with van der Waals surface area (Å²) in [7, 11) is -2.32. The van der Waals surface area contributed by atoms with Crippen LogP contribution in [0.3, 0.4) is 0 Å². The number of anilines is 1. The van der Waals surface area contributed by atoms with Crippen LogP contribution in [-0.2, 0) is 21.4 Å². The summed E-state index contributed by atoms with van der Waals surface area (Å²) in [6.45, 7) is 0.468. The topological polar surface area (TPSA) is 92.7 Å². The van der Waals surface area contributed by atoms with E-state index in [9.17, 15) is 13.2 Å². The summed E-state index contributed by atoms with van der Waals surface area (Å²) in [4.78, 5) is 24.6. The van der Waals surface area contributed by atoms with Crippen molar-refractivity contribution in [3.05, 3.63) is 77.6 Å². The number of hydrogen-bond acceptors (Lipinski definition) is 7. The van der Waals surface area contributed by atoms with E-state index in [1.165, 1.54) is 39.9 Å². The Hall–Kier alpha value is -3.05. The third kappa shape index (κ3) is 4.69. The van der Waals surface area contributed by atoms with Crippen LogP contribution in [0.25, 0.3) is 10.2 Å². The van der Waals surface area contributed by atoms with Gasteiger partial charge in [0, 0.05) is 24.0 Å². The molecule has 11 heteroatoms. The molecular weight excluding hydrogens is 520 g/mol. The molecule has 36 heavy (non-hydrogen) atoms. The van der Waals surface area contributed by atoms with Crippen LogP contribution in [0.4, 0.5) is 5.13 Å². The van der Waals surface area contributed by atoms with Crippen LogP contribution in [0, 0.1) is 0 Å². The van der Waals surface area contributed by atoms with E-state index in [-0.39, 0.29) is 23.9 Å². The summed E-state index contributed by atoms with van der Waals surface area (Å²) in [6, 6.07) is 14.4. The molecule has 1 atom stereocenters. The number of aromatic nitrogens is 2. The van der Waals surface area contributed by atoms with Crippen LogP contribution in [0.15, 0.2) is 71.9 Å². The minimum Gasteiger partial charge on any atom is -0.494 e. The minimum atomic E-state index is -3.90. The molecule has 186 valence electrons. The number of carbonyl (C=O) groups is 1. The summed E-state index contributed by atoms with van der Waals surface area (Å²) in [5, 5.41) is 0.913. The van der Waals surface area contributed by atoms with Crippen molar-refractivity contribution in [3.8, 4) is 5.75 Å². The zero-order chi connectivity index (χ0) is 25.3. The summed E-state index contributed by atoms with van der Waals surface area (Å²) in [5.41, 5.74) is 1.46. The van der Waals surface area contributed by atoms with Gasteiger partial charge in [-0.1, -0.05) is 35.1 Å². The van der Waals surface area contributed by atoms with Gasteiger partial charge in [-0.15, -0.1) is 0 Å². The molecule has 0 aliphatic carbocycles. The maximum atomic E-state index is 14.0. The molecule has 4 aromatic rings. The van der Waals surface area contributed by atoms with E-state index in [1.54, 1.807) is 30.5 Å². The number of ether oxygens (including phenoxy) is 1. The molecule has 2 aromatic heterocycles. The molecule has 0 spiro atoms. The van der Waals surface area contributed by atoms with Gasteiger partial charge in [0.25, 0.3) is 0 Å². The Morgan fingerprint density at radius 1 is 1.19 bits per heavy atom. The van der Waals surface area contributed by atoms with Crippen molar-refractivity contribution in [1.29, 1.82) is 0 Å². The SMILES string of the molecule is COc1cccc2sc(N(Cc3cccnc3)C(=O)C3CCCN3S(=O)(=O)c3ccc(Cl)cc3)nc12. The number of hydrogen-bond donors (Lipinski definition) is 0. The fraction of sp³-hybridized carbons (Fsp3) is 0.240. The predicted octanol–water partition coefficient (Wildman–Crippen LogP) is 4.74. The third-order valence-electron chi connectivity index (χ3n) is 6.06. The Kier molecular flexibility index (Phi) is 6.94. The Labute approximate surface area is 218 Å². The van der Waals surface area contributed by atoms with Crippen LogP contribution >= 0.6 is 22.9 Å². The lowest BCUT2D eigenvalue weighted by Gasteiger charge is -2.28. The van der Waals surface area contributed by atoms with Gasteiger partial charge >= 0.3 is 0 Å². The van der Waals surface area contributed by atoms with Crippen LogP contribution in [0.1, 0.15) is 18.4 Å². The van der Waals surface area contributed by atoms with E-state index >= 15 is 0 Å². The number of fused-ring (bicyclic) bond motifs is 1. The molecule has 0 radical (unpaired) electrons. The van der Waals surface area contributed by atoms with Crippen LogP contribution in [0.2, 0.25) is 5.02 Å². The van der Waals surface area contributed by atoms with Gasteiger partial charge in [0.1, 0.15) is 17.3 Å². The van der Waals surface area contributed by atoms with Gasteiger partial charge in [-0.2, -0.15) is 4.31 Å². The molecule has 1 fully saturated rings. The van der Waals surface area contributed by atoms with Crippen LogP contribution in [-0.4, -0.2) is 48.3 Å². The normalized spacial score (nSPS) is 16.3. The zero-order valence-corrected chi connectivity index (χ0v) is 21.8. The highest BCUT2D eigenvalue weighted by atomic mass is 35.5. The first-order chi connectivity index (χ1) is 17.4. The molecule has 3 heterocycles. The first-order valence-corrected chi connectivity index (χ1v) is 13.9. The summed E-state index contributed by atoms with van der Waals surface area (Å²) < 4.78 is 34.6. The number of amides is 1. The van der Waals surface area contributed by atoms with E-state index in [4.69, 9.17) is 21.3 Å². The fourth-order valence-corrected chi connectivity index (χ4v) is 7.07. The van der Waals surface area contributed by atoms with Crippen molar-refractivity contribution in [3.63, 3.8) is 0 Å². The molecule has 1 aliphatic rings. The second kappa shape index (κ2) is 10.1. The van der Waals surface area contributed by atoms with Gasteiger partial charge in [0.05, 0.1) is 23.2 Å². The molecule has 0 N–H and O–H groups in total. The van der Waals surface area contributed by atoms with Gasteiger partial charge in [-0.05, 0) is 60.9 Å². The number of rotatable bonds is 7. The standard InChI is InChI=1S/C25H23ClN4O4S2/c1-34-21-7-2-8-22-23(21)28-25(35-22)29(16-17-5-3-13-27-15-17)24(31)20-6-4-14-30(20)36(32,33)19-11-9-18(26)10-12-19/h2-3,5,7-13,15,20H,4,6,14,16H2,1H3. The second-order valence-corrected chi connectivity index (χ2v) is 11.7. The Morgan fingerprint density at radius 3 is 2.72 bits per heavy atom. The highest BCUT2D eigenvalue weighted by Crippen LogP contribution is 2.36. The number of sulfonamides is 1. The number of methoxy groups -OCH3 is 1. The molecule has 5 rings (SSSR count). The van der Waals surface area contributed by atoms with Crippen LogP contribution in [0.5, 0.6) is 5.75 Å². The first kappa shape index (κ1) is 24.6. The van der Waals surface area contributed by atoms with Gasteiger partial charge < -0.3 is 4.74 Å². The van der Waals surface area contributed by atoms with Crippen molar-refractivity contribution in [2.24, 2.45) is 0 Å². The Morgan fingerprint density at radius 2 is 2.00 bits per heavy atom. The van der Waals surface area contributed by atoms with E-state index in [0.29, 0.717) is 34.3 Å². The van der Waals surface area contributed by atoms with E-state index in [2.05, 4.69) is 4.98 Å². The Bertz CT molecular complexity index is 1490. The summed E-state index contributed by atoms with van der Waals surface area (Å²) >= 11 is 7.31. The van der Waals surface area contributed by atoms with Crippen molar-refractivity contribution in [2.75, 3.05) is 18.6 Å². The van der Waals surface area contributed by atoms with Gasteiger partial charge in [0.15, 0.2) is 5.13 Å². The fourth-order valence-electron chi connectivity index (χ4n) is 4.30. The second-order valence-electron chi connectivity index (χ2n) is 8.32. The van der Waals surface area contributed by atoms with Crippen molar-refractivity contribution >= 4 is 54.2 Å². The van der Waals surface area contributed by atoms with E-state index in [1.807, 2.05) is 24.3 Å². The smallest absolute Gasteiger partial charge is 0.247 e. The number of pyridine rings is 1. The summed E-state index contributed by atoms with van der Waals surface area (Å²) in [6.07, 6.45) is 4.35. The number of carbonyl (C=O) groups excluding carboxylic acids is 1. The average molecular weight is 543 g/mol. The van der Waals surface area contributed by atoms with Gasteiger partial charge in [-0.25, -0.2) is 13.4 Å². The molecule has 1 amide bonds. The highest BCUT2D eigenvalue weighted by molar-refractivity contribution is 7.89. The largest absolute Gasteiger partial charge is 0.494 e. The van der Waals surface area contributed by atoms with Crippen LogP contribution < -0.4 is 9.64 Å². The maximum Gasteiger partial charge on any atom is 0.247 e. The minimum absolute atomic E-state index is 0.107. The predicted molar refractivity (Wildman–Crippen MR) is 140 cm³/mol. The molecule has 1 saturated heterocycles. The number of para-hydroxylation sites is 1. The third-order valence-corrected chi connectivity index (χ3v) is 9.28. The quantitative estimate of drug-likeness (QED) is 0.335. The number of halogens is 1. The highest BCUT2D eigenvalue weighted by Gasteiger charge is 2.42. The number of nitrogens with zero attached hydrogens (tertiary/aromatic N) is 4. The van der Waals surface area contributed by atoms with E-state index < -0.39 is 16.1 Å². The first-order valence-electron chi connectivity index (χ1n) is 11.3. The summed E-state index contributed by atoms with van der Waals surface area (Å²) in [5.74, 6) is 0.281. The maximum absolute atomic E-state index is 14.0. The molecule has 1 unspecified atom stereocenters. The van der Waals surface area contributed by atoms with Crippen molar-refractivity contribution < 1.29 is 17.9 Å². The molecule has 1 aliphatic heterocycles. The van der Waals surface area contributed by atoms with E-state index in [0.717, 1.165) is 10.3 Å². The molecule has 8 nitrogen and oxygen atoms in total. The molecular formula is C25H23ClN4O4S2.